The predicted octanol–water partition coefficient (Wildman–Crippen LogP) is 2.48. The number of nitrogens with zero attached hydrogens (tertiary/aromatic N) is 2. The van der Waals surface area contributed by atoms with Crippen LogP contribution in [0.3, 0.4) is 0 Å². The maximum Gasteiger partial charge on any atom is 4.00 e. The first kappa shape index (κ1) is 33.2. The van der Waals surface area contributed by atoms with Crippen LogP contribution in [0.1, 0.15) is 34.1 Å². The molecule has 2 radical (unpaired) electrons. The van der Waals surface area contributed by atoms with Gasteiger partial charge in [0.05, 0.1) is 0 Å². The Bertz CT molecular complexity index is 166. The van der Waals surface area contributed by atoms with Crippen LogP contribution in [0, 0.1) is 6.08 Å². The molecule has 0 fully saturated rings. The number of halogens is 1. The van der Waals surface area contributed by atoms with E-state index in [-0.39, 0.29) is 39.8 Å². The van der Waals surface area contributed by atoms with Crippen LogP contribution in [-0.4, -0.2) is 35.0 Å². The summed E-state index contributed by atoms with van der Waals surface area (Å²) in [4.78, 5) is 0. The second kappa shape index (κ2) is 37.1. The van der Waals surface area contributed by atoms with Crippen molar-refractivity contribution in [1.82, 2.24) is 0 Å². The molecule has 0 spiro atoms. The van der Waals surface area contributed by atoms with Crippen LogP contribution in [0.2, 0.25) is 19.6 Å². The molecule has 5 heteroatoms. The van der Waals surface area contributed by atoms with Gasteiger partial charge < -0.3 is 23.0 Å². The first-order valence-electron chi connectivity index (χ1n) is 7.31. The molecule has 2 nitrogen and oxygen atoms in total. The van der Waals surface area contributed by atoms with Crippen LogP contribution < -0.4 is 12.4 Å². The summed E-state index contributed by atoms with van der Waals surface area (Å²) in [7, 11) is 0.120. The smallest absolute Gasteiger partial charge is 1.00 e. The minimum Gasteiger partial charge on any atom is -1.00 e. The summed E-state index contributed by atoms with van der Waals surface area (Å²) in [5.41, 5.74) is 0. The summed E-state index contributed by atoms with van der Waals surface area (Å²) in [6, 6.07) is 0. The van der Waals surface area contributed by atoms with E-state index in [1.165, 1.54) is 0 Å². The Morgan fingerprint density at radius 1 is 0.905 bits per heavy atom. The molecule has 0 N–H and O–H groups in total. The Morgan fingerprint density at radius 3 is 1.29 bits per heavy atom. The van der Waals surface area contributed by atoms with Crippen LogP contribution in [0.25, 0.3) is 10.6 Å². The van der Waals surface area contributed by atoms with Crippen molar-refractivity contribution in [2.75, 3.05) is 26.2 Å². The van der Waals surface area contributed by atoms with Gasteiger partial charge in [0.1, 0.15) is 0 Å². The van der Waals surface area contributed by atoms with Crippen LogP contribution in [0.15, 0.2) is 18.2 Å². The Labute approximate surface area is 154 Å². The van der Waals surface area contributed by atoms with Gasteiger partial charge in [-0.1, -0.05) is 47.3 Å². The van der Waals surface area contributed by atoms with Crippen molar-refractivity contribution >= 4 is 8.80 Å². The third-order valence-electron chi connectivity index (χ3n) is 1.48. The van der Waals surface area contributed by atoms with E-state index >= 15 is 0 Å². The van der Waals surface area contributed by atoms with Crippen LogP contribution in [0.4, 0.5) is 0 Å². The van der Waals surface area contributed by atoms with E-state index in [4.69, 9.17) is 0 Å². The average molecular weight is 369 g/mol. The molecule has 124 valence electrons. The maximum absolute atomic E-state index is 3.97. The summed E-state index contributed by atoms with van der Waals surface area (Å²) >= 11 is 0. The Hall–Kier alpha value is 0.491. The molecule has 0 aromatic rings. The van der Waals surface area contributed by atoms with Gasteiger partial charge in [-0.15, -0.1) is 6.42 Å². The molecule has 0 bridgehead atoms. The fourth-order valence-electron chi connectivity index (χ4n) is 0.787. The van der Waals surface area contributed by atoms with E-state index in [2.05, 4.69) is 42.4 Å². The van der Waals surface area contributed by atoms with Crippen LogP contribution in [0.5, 0.6) is 0 Å². The van der Waals surface area contributed by atoms with Crippen molar-refractivity contribution in [3.05, 3.63) is 34.9 Å². The van der Waals surface area contributed by atoms with Gasteiger partial charge in [-0.05, 0) is 0 Å². The third kappa shape index (κ3) is 77.8. The molecule has 0 heterocycles. The van der Waals surface area contributed by atoms with E-state index in [0.29, 0.717) is 0 Å². The summed E-state index contributed by atoms with van der Waals surface area (Å²) in [5, 5.41) is 7.94. The molecular weight excluding hydrogens is 335 g/mol. The fraction of sp³-hybridized carbons (Fsp3) is 0.750. The molecule has 0 aliphatic heterocycles. The quantitative estimate of drug-likeness (QED) is 0.538. The first-order chi connectivity index (χ1) is 9.06. The number of hydrogen-bond donors (Lipinski definition) is 0. The molecular formula is C16H34ClN2SiV. The minimum absolute atomic E-state index is 0. The Balaban J connectivity index is -0.0000000527. The monoisotopic (exact) mass is 368 g/mol. The van der Waals surface area contributed by atoms with Gasteiger partial charge in [-0.25, -0.2) is 12.2 Å². The molecule has 21 heavy (non-hydrogen) atoms. The van der Waals surface area contributed by atoms with Crippen molar-refractivity contribution in [3.63, 3.8) is 0 Å². The summed E-state index contributed by atoms with van der Waals surface area (Å²) in [6.07, 6.45) is 10.0. The molecule has 1 aliphatic carbocycles. The molecule has 0 saturated heterocycles. The molecule has 1 rings (SSSR count). The zero-order valence-corrected chi connectivity index (χ0v) is 18.1. The van der Waals surface area contributed by atoms with Crippen molar-refractivity contribution in [2.24, 2.45) is 0 Å². The normalized spacial score (nSPS) is 9.90. The summed E-state index contributed by atoms with van der Waals surface area (Å²) < 4.78 is 0. The average Bonchev–Trinajstić information content (AvgIpc) is 2.90. The van der Waals surface area contributed by atoms with Crippen molar-refractivity contribution < 1.29 is 31.0 Å². The van der Waals surface area contributed by atoms with Crippen LogP contribution >= 0.6 is 0 Å². The molecule has 0 aromatic heterocycles. The molecule has 1 aliphatic rings. The molecule has 0 unspecified atom stereocenters. The maximum atomic E-state index is 3.97. The Morgan fingerprint density at radius 2 is 1.24 bits per heavy atom. The second-order valence-corrected chi connectivity index (χ2v) is 7.22. The van der Waals surface area contributed by atoms with Gasteiger partial charge >= 0.3 is 18.6 Å². The number of rotatable bonds is 4. The van der Waals surface area contributed by atoms with Gasteiger partial charge in [-0.3, -0.25) is 6.08 Å². The Kier molecular flexibility index (Phi) is 58.6. The number of hydrogen-bond acceptors (Lipinski definition) is 0. The third-order valence-corrected chi connectivity index (χ3v) is 1.48. The van der Waals surface area contributed by atoms with E-state index in [1.807, 2.05) is 39.8 Å². The fourth-order valence-corrected chi connectivity index (χ4v) is 0.787. The largest absolute Gasteiger partial charge is 4.00 e. The second-order valence-electron chi connectivity index (χ2n) is 4.22. The number of allylic oxidation sites excluding steroid dienone is 4. The standard InChI is InChI=1S/C5H5.2C4H10N.C3H9Si.ClH.V/c1-2-4-5-3-1;2*1-3-5-4-2;1-4(2)3;;/h1-3H,4H2;2*3-4H2,1-2H3;1-3H3;1H;/q3*-1;;;+4/p-1. The van der Waals surface area contributed by atoms with Crippen molar-refractivity contribution in [2.45, 2.75) is 53.8 Å². The first-order valence-corrected chi connectivity index (χ1v) is 10.3. The SMILES string of the molecule is CC[N-]CC.CC[N-]CC.C[Si](C)C.[C-]1=CC=CC1.[Cl-].[V+4]. The van der Waals surface area contributed by atoms with E-state index in [1.54, 1.807) is 0 Å². The molecule has 0 aromatic carbocycles. The summed E-state index contributed by atoms with van der Waals surface area (Å²) in [6.45, 7) is 18.9. The zero-order valence-electron chi connectivity index (χ0n) is 15.0. The van der Waals surface area contributed by atoms with Gasteiger partial charge in [-0.2, -0.15) is 32.3 Å². The van der Waals surface area contributed by atoms with Gasteiger partial charge in [0.25, 0.3) is 0 Å². The topological polar surface area (TPSA) is 28.2 Å². The zero-order chi connectivity index (χ0) is 15.4. The van der Waals surface area contributed by atoms with Crippen molar-refractivity contribution in [3.8, 4) is 0 Å². The molecule has 0 saturated carbocycles. The predicted molar refractivity (Wildman–Crippen MR) is 93.8 cm³/mol. The van der Waals surface area contributed by atoms with Crippen molar-refractivity contribution in [1.29, 1.82) is 0 Å². The van der Waals surface area contributed by atoms with Crippen LogP contribution in [-0.2, 0) is 18.6 Å². The summed E-state index contributed by atoms with van der Waals surface area (Å²) in [5.74, 6) is 0. The molecule has 0 atom stereocenters. The minimum atomic E-state index is 0. The van der Waals surface area contributed by atoms with E-state index in [9.17, 15) is 0 Å². The van der Waals surface area contributed by atoms with E-state index in [0.717, 1.165) is 32.6 Å². The van der Waals surface area contributed by atoms with Gasteiger partial charge in [0.2, 0.25) is 0 Å². The van der Waals surface area contributed by atoms with E-state index < -0.39 is 0 Å². The van der Waals surface area contributed by atoms with Gasteiger partial charge in [0.15, 0.2) is 0 Å². The molecule has 0 amide bonds. The van der Waals surface area contributed by atoms with Gasteiger partial charge in [0, 0.05) is 8.80 Å².